The van der Waals surface area contributed by atoms with Crippen LogP contribution in [0.25, 0.3) is 11.1 Å². The molecule has 0 aliphatic heterocycles. The molecule has 2 aromatic carbocycles. The van der Waals surface area contributed by atoms with Crippen molar-refractivity contribution in [2.75, 3.05) is 0 Å². The number of oxazole rings is 1. The van der Waals surface area contributed by atoms with E-state index < -0.39 is 5.76 Å². The van der Waals surface area contributed by atoms with Gasteiger partial charge in [0.15, 0.2) is 5.58 Å². The van der Waals surface area contributed by atoms with Gasteiger partial charge in [-0.3, -0.25) is 4.98 Å². The Bertz CT molecular complexity index is 845. The van der Waals surface area contributed by atoms with E-state index in [0.29, 0.717) is 11.1 Å². The molecular weight excluding hydrogens is 264 g/mol. The van der Waals surface area contributed by atoms with Gasteiger partial charge in [-0.05, 0) is 54.7 Å². The van der Waals surface area contributed by atoms with Gasteiger partial charge in [-0.2, -0.15) is 0 Å². The Morgan fingerprint density at radius 3 is 2.71 bits per heavy atom. The zero-order valence-electron chi connectivity index (χ0n) is 12.1. The Hall–Kier alpha value is -2.33. The third kappa shape index (κ3) is 2.76. The van der Waals surface area contributed by atoms with Gasteiger partial charge in [-0.1, -0.05) is 24.3 Å². The summed E-state index contributed by atoms with van der Waals surface area (Å²) in [6.45, 7) is 4.20. The van der Waals surface area contributed by atoms with Gasteiger partial charge in [0.1, 0.15) is 0 Å². The van der Waals surface area contributed by atoms with Gasteiger partial charge >= 0.3 is 5.76 Å². The highest BCUT2D eigenvalue weighted by Crippen LogP contribution is 2.21. The van der Waals surface area contributed by atoms with E-state index in [0.717, 1.165) is 12.0 Å². The summed E-state index contributed by atoms with van der Waals surface area (Å²) >= 11 is 0. The van der Waals surface area contributed by atoms with Crippen LogP contribution in [0.1, 0.15) is 28.3 Å². The van der Waals surface area contributed by atoms with Crippen LogP contribution >= 0.6 is 0 Å². The first-order chi connectivity index (χ1) is 10.0. The van der Waals surface area contributed by atoms with Crippen molar-refractivity contribution in [2.24, 2.45) is 5.73 Å². The van der Waals surface area contributed by atoms with Crippen LogP contribution in [-0.2, 0) is 6.42 Å². The fourth-order valence-corrected chi connectivity index (χ4v) is 2.49. The van der Waals surface area contributed by atoms with Crippen LogP contribution in [0.4, 0.5) is 0 Å². The second-order valence-electron chi connectivity index (χ2n) is 5.50. The molecule has 1 atom stereocenters. The average molecular weight is 282 g/mol. The van der Waals surface area contributed by atoms with Crippen molar-refractivity contribution in [3.05, 3.63) is 69.2 Å². The summed E-state index contributed by atoms with van der Waals surface area (Å²) in [4.78, 5) is 13.8. The van der Waals surface area contributed by atoms with E-state index in [2.05, 4.69) is 37.0 Å². The standard InChI is InChI=1S/C17H18N2O2/c1-10-3-4-12(7-11(10)2)8-14(18)13-5-6-15-16(9-13)21-17(20)19-15/h3-7,9,14H,8,18H2,1-2H3,(H,19,20). The van der Waals surface area contributed by atoms with E-state index in [1.54, 1.807) is 0 Å². The summed E-state index contributed by atoms with van der Waals surface area (Å²) < 4.78 is 5.08. The van der Waals surface area contributed by atoms with Gasteiger partial charge < -0.3 is 10.2 Å². The number of nitrogens with two attached hydrogens (primary N) is 1. The SMILES string of the molecule is Cc1ccc(CC(N)c2ccc3[nH]c(=O)oc3c2)cc1C. The van der Waals surface area contributed by atoms with Crippen molar-refractivity contribution in [3.63, 3.8) is 0 Å². The molecule has 0 radical (unpaired) electrons. The van der Waals surface area contributed by atoms with Crippen LogP contribution in [0.3, 0.4) is 0 Å². The predicted molar refractivity (Wildman–Crippen MR) is 83.4 cm³/mol. The molecule has 3 aromatic rings. The molecule has 0 aliphatic rings. The van der Waals surface area contributed by atoms with Crippen LogP contribution in [0, 0.1) is 13.8 Å². The van der Waals surface area contributed by atoms with Crippen LogP contribution in [0.5, 0.6) is 0 Å². The summed E-state index contributed by atoms with van der Waals surface area (Å²) in [5.74, 6) is -0.440. The van der Waals surface area contributed by atoms with Crippen LogP contribution in [-0.4, -0.2) is 4.98 Å². The van der Waals surface area contributed by atoms with Gasteiger partial charge in [0.25, 0.3) is 0 Å². The van der Waals surface area contributed by atoms with Crippen molar-refractivity contribution < 1.29 is 4.42 Å². The largest absolute Gasteiger partial charge is 0.417 e. The molecule has 0 fully saturated rings. The lowest BCUT2D eigenvalue weighted by Gasteiger charge is -2.13. The molecule has 1 aromatic heterocycles. The molecule has 4 heteroatoms. The molecule has 0 bridgehead atoms. The Labute approximate surface area is 122 Å². The van der Waals surface area contributed by atoms with Gasteiger partial charge in [0, 0.05) is 6.04 Å². The van der Waals surface area contributed by atoms with Crippen molar-refractivity contribution in [2.45, 2.75) is 26.3 Å². The number of aromatic nitrogens is 1. The molecule has 0 saturated heterocycles. The topological polar surface area (TPSA) is 72.0 Å². The number of aryl methyl sites for hydroxylation is 2. The third-order valence-electron chi connectivity index (χ3n) is 3.90. The van der Waals surface area contributed by atoms with E-state index >= 15 is 0 Å². The lowest BCUT2D eigenvalue weighted by atomic mass is 9.97. The minimum atomic E-state index is -0.440. The number of rotatable bonds is 3. The predicted octanol–water partition coefficient (Wildman–Crippen LogP) is 2.98. The van der Waals surface area contributed by atoms with E-state index in [4.69, 9.17) is 10.2 Å². The molecular formula is C17H18N2O2. The lowest BCUT2D eigenvalue weighted by molar-refractivity contribution is 0.554. The average Bonchev–Trinajstić information content (AvgIpc) is 2.82. The Morgan fingerprint density at radius 1 is 1.14 bits per heavy atom. The summed E-state index contributed by atoms with van der Waals surface area (Å²) in [5, 5.41) is 0. The fourth-order valence-electron chi connectivity index (χ4n) is 2.49. The lowest BCUT2D eigenvalue weighted by Crippen LogP contribution is -2.13. The van der Waals surface area contributed by atoms with Gasteiger partial charge in [0.05, 0.1) is 5.52 Å². The Balaban J connectivity index is 1.87. The van der Waals surface area contributed by atoms with Gasteiger partial charge in [-0.15, -0.1) is 0 Å². The summed E-state index contributed by atoms with van der Waals surface area (Å²) in [5.41, 5.74) is 12.3. The summed E-state index contributed by atoms with van der Waals surface area (Å²) in [6, 6.07) is 11.9. The van der Waals surface area contributed by atoms with Crippen LogP contribution in [0.15, 0.2) is 45.6 Å². The number of fused-ring (bicyclic) bond motifs is 1. The highest BCUT2D eigenvalue weighted by atomic mass is 16.4. The summed E-state index contributed by atoms with van der Waals surface area (Å²) in [7, 11) is 0. The van der Waals surface area contributed by atoms with E-state index in [-0.39, 0.29) is 6.04 Å². The Morgan fingerprint density at radius 2 is 1.95 bits per heavy atom. The monoisotopic (exact) mass is 282 g/mol. The van der Waals surface area contributed by atoms with E-state index in [1.165, 1.54) is 16.7 Å². The molecule has 0 aliphatic carbocycles. The minimum absolute atomic E-state index is 0.128. The number of nitrogens with one attached hydrogen (secondary N) is 1. The first-order valence-corrected chi connectivity index (χ1v) is 6.97. The number of H-pyrrole nitrogens is 1. The zero-order valence-corrected chi connectivity index (χ0v) is 12.1. The minimum Gasteiger partial charge on any atom is -0.408 e. The van der Waals surface area contributed by atoms with E-state index in [9.17, 15) is 4.79 Å². The molecule has 4 nitrogen and oxygen atoms in total. The van der Waals surface area contributed by atoms with Crippen molar-refractivity contribution in [1.82, 2.24) is 4.98 Å². The first kappa shape index (κ1) is 13.6. The second kappa shape index (κ2) is 5.22. The molecule has 1 unspecified atom stereocenters. The quantitative estimate of drug-likeness (QED) is 0.775. The maximum absolute atomic E-state index is 11.2. The van der Waals surface area contributed by atoms with Gasteiger partial charge in [0.2, 0.25) is 0 Å². The molecule has 21 heavy (non-hydrogen) atoms. The fraction of sp³-hybridized carbons (Fsp3) is 0.235. The Kier molecular flexibility index (Phi) is 3.39. The highest BCUT2D eigenvalue weighted by Gasteiger charge is 2.10. The number of aromatic amines is 1. The van der Waals surface area contributed by atoms with Crippen LogP contribution < -0.4 is 11.5 Å². The molecule has 0 amide bonds. The maximum Gasteiger partial charge on any atom is 0.417 e. The first-order valence-electron chi connectivity index (χ1n) is 6.97. The van der Waals surface area contributed by atoms with Crippen molar-refractivity contribution in [1.29, 1.82) is 0 Å². The zero-order chi connectivity index (χ0) is 15.0. The number of hydrogen-bond acceptors (Lipinski definition) is 3. The van der Waals surface area contributed by atoms with E-state index in [1.807, 2.05) is 18.2 Å². The molecule has 3 N–H and O–H groups in total. The number of hydrogen-bond donors (Lipinski definition) is 2. The molecule has 0 saturated carbocycles. The highest BCUT2D eigenvalue weighted by molar-refractivity contribution is 5.72. The molecule has 0 spiro atoms. The summed E-state index contributed by atoms with van der Waals surface area (Å²) in [6.07, 6.45) is 0.751. The van der Waals surface area contributed by atoms with Gasteiger partial charge in [-0.25, -0.2) is 4.79 Å². The molecule has 1 heterocycles. The normalized spacial score (nSPS) is 12.7. The maximum atomic E-state index is 11.2. The number of benzene rings is 2. The molecule has 3 rings (SSSR count). The van der Waals surface area contributed by atoms with Crippen LogP contribution in [0.2, 0.25) is 0 Å². The molecule has 108 valence electrons. The second-order valence-corrected chi connectivity index (χ2v) is 5.50. The third-order valence-corrected chi connectivity index (χ3v) is 3.90. The van der Waals surface area contributed by atoms with Crippen molar-refractivity contribution >= 4 is 11.1 Å². The van der Waals surface area contributed by atoms with Crippen molar-refractivity contribution in [3.8, 4) is 0 Å². The smallest absolute Gasteiger partial charge is 0.408 e.